The first kappa shape index (κ1) is 23.1. The number of hydrogen-bond donors (Lipinski definition) is 3. The van der Waals surface area contributed by atoms with E-state index < -0.39 is 23.4 Å². The molecule has 0 unspecified atom stereocenters. The number of carbonyl (C=O) groups is 2. The molecule has 4 rings (SSSR count). The van der Waals surface area contributed by atoms with Crippen molar-refractivity contribution in [3.63, 3.8) is 0 Å². The molecule has 0 bridgehead atoms. The Morgan fingerprint density at radius 3 is 2.35 bits per heavy atom. The van der Waals surface area contributed by atoms with Crippen LogP contribution in [0.5, 0.6) is 0 Å². The number of nitrogens with one attached hydrogen (secondary N) is 3. The van der Waals surface area contributed by atoms with Gasteiger partial charge in [0.2, 0.25) is 0 Å². The molecule has 2 aromatic carbocycles. The molecule has 1 fully saturated rings. The fourth-order valence-corrected chi connectivity index (χ4v) is 3.64. The molecule has 2 heterocycles. The Kier molecular flexibility index (Phi) is 6.67. The second-order valence-electron chi connectivity index (χ2n) is 7.81. The number of likely N-dealkylation sites (tertiary alicyclic amines) is 1. The van der Waals surface area contributed by atoms with Crippen LogP contribution in [0.1, 0.15) is 39.1 Å². The zero-order valence-corrected chi connectivity index (χ0v) is 18.1. The second-order valence-corrected chi connectivity index (χ2v) is 7.81. The topological polar surface area (TPSA) is 98.2 Å². The van der Waals surface area contributed by atoms with Crippen LogP contribution in [0.25, 0.3) is 0 Å². The SMILES string of the molecule is [B]c1ccc(NC(=O)c2cc(F)ccc2NC(=O)c2ccc(C(=N)N3CCCC3)cc2F)nc1. The smallest absolute Gasteiger partial charge is 0.259 e. The van der Waals surface area contributed by atoms with Gasteiger partial charge in [-0.25, -0.2) is 13.8 Å². The Bertz CT molecular complexity index is 1260. The van der Waals surface area contributed by atoms with Crippen molar-refractivity contribution < 1.29 is 18.4 Å². The number of amides is 2. The Labute approximate surface area is 196 Å². The maximum Gasteiger partial charge on any atom is 0.259 e. The molecule has 10 heteroatoms. The summed E-state index contributed by atoms with van der Waals surface area (Å²) in [5.41, 5.74) is 0.329. The molecule has 2 amide bonds. The second kappa shape index (κ2) is 9.82. The number of benzene rings is 2. The summed E-state index contributed by atoms with van der Waals surface area (Å²) in [7, 11) is 5.58. The predicted octanol–water partition coefficient (Wildman–Crippen LogP) is 3.08. The molecule has 0 aliphatic carbocycles. The molecular weight excluding hydrogens is 439 g/mol. The van der Waals surface area contributed by atoms with E-state index in [1.54, 1.807) is 0 Å². The molecule has 1 saturated heterocycles. The number of nitrogens with zero attached hydrogens (tertiary/aromatic N) is 2. The first-order valence-electron chi connectivity index (χ1n) is 10.6. The van der Waals surface area contributed by atoms with Gasteiger partial charge in [0, 0.05) is 24.8 Å². The van der Waals surface area contributed by atoms with E-state index in [-0.39, 0.29) is 28.5 Å². The quantitative estimate of drug-likeness (QED) is 0.310. The van der Waals surface area contributed by atoms with Gasteiger partial charge in [0.15, 0.2) is 0 Å². The minimum atomic E-state index is -0.817. The summed E-state index contributed by atoms with van der Waals surface area (Å²) in [5.74, 6) is -2.65. The van der Waals surface area contributed by atoms with Crippen LogP contribution >= 0.6 is 0 Å². The molecule has 34 heavy (non-hydrogen) atoms. The molecular formula is C24H20BF2N5O2. The Balaban J connectivity index is 1.53. The van der Waals surface area contributed by atoms with Gasteiger partial charge in [-0.05, 0) is 49.2 Å². The third-order valence-corrected chi connectivity index (χ3v) is 5.41. The molecule has 1 aliphatic heterocycles. The van der Waals surface area contributed by atoms with Crippen molar-refractivity contribution in [1.29, 1.82) is 5.41 Å². The van der Waals surface area contributed by atoms with Gasteiger partial charge in [-0.3, -0.25) is 15.0 Å². The number of amidine groups is 1. The number of aromatic nitrogens is 1. The van der Waals surface area contributed by atoms with Gasteiger partial charge in [0.25, 0.3) is 11.8 Å². The molecule has 170 valence electrons. The molecule has 2 radical (unpaired) electrons. The van der Waals surface area contributed by atoms with E-state index in [1.165, 1.54) is 36.5 Å². The van der Waals surface area contributed by atoms with Crippen LogP contribution in [-0.4, -0.2) is 48.5 Å². The number of halogens is 2. The van der Waals surface area contributed by atoms with Crippen molar-refractivity contribution in [3.8, 4) is 0 Å². The third kappa shape index (κ3) is 5.11. The van der Waals surface area contributed by atoms with Gasteiger partial charge in [-0.15, -0.1) is 0 Å². The lowest BCUT2D eigenvalue weighted by atomic mass is 9.99. The van der Waals surface area contributed by atoms with Gasteiger partial charge in [-0.2, -0.15) is 0 Å². The lowest BCUT2D eigenvalue weighted by Gasteiger charge is -2.19. The normalized spacial score (nSPS) is 12.9. The number of carbonyl (C=O) groups excluding carboxylic acids is 2. The largest absolute Gasteiger partial charge is 0.357 e. The molecule has 1 aromatic heterocycles. The molecule has 7 nitrogen and oxygen atoms in total. The van der Waals surface area contributed by atoms with E-state index in [4.69, 9.17) is 13.3 Å². The standard InChI is InChI=1S/C24H20BF2N5O2/c25-15-4-8-21(29-13-15)31-24(34)18-12-16(26)5-7-20(18)30-23(33)17-6-3-14(11-19(17)27)22(28)32-9-1-2-10-32/h3-8,11-13,28H,1-2,9-10H2,(H,30,33)(H,29,31,34). The van der Waals surface area contributed by atoms with Gasteiger partial charge in [0.1, 0.15) is 31.1 Å². The number of hydrogen-bond acceptors (Lipinski definition) is 4. The van der Waals surface area contributed by atoms with E-state index >= 15 is 0 Å². The zero-order chi connectivity index (χ0) is 24.2. The summed E-state index contributed by atoms with van der Waals surface area (Å²) in [6.45, 7) is 1.48. The van der Waals surface area contributed by atoms with Crippen molar-refractivity contribution >= 4 is 42.5 Å². The Morgan fingerprint density at radius 1 is 0.941 bits per heavy atom. The highest BCUT2D eigenvalue weighted by molar-refractivity contribution is 6.32. The summed E-state index contributed by atoms with van der Waals surface area (Å²) in [4.78, 5) is 31.3. The van der Waals surface area contributed by atoms with Crippen LogP contribution < -0.4 is 16.1 Å². The van der Waals surface area contributed by atoms with Gasteiger partial charge >= 0.3 is 0 Å². The van der Waals surface area contributed by atoms with Crippen LogP contribution in [0.3, 0.4) is 0 Å². The summed E-state index contributed by atoms with van der Waals surface area (Å²) < 4.78 is 28.6. The van der Waals surface area contributed by atoms with Crippen molar-refractivity contribution in [2.45, 2.75) is 12.8 Å². The van der Waals surface area contributed by atoms with Crippen molar-refractivity contribution in [2.24, 2.45) is 0 Å². The van der Waals surface area contributed by atoms with E-state index in [9.17, 15) is 18.4 Å². The summed E-state index contributed by atoms with van der Waals surface area (Å²) >= 11 is 0. The molecule has 0 spiro atoms. The fourth-order valence-electron chi connectivity index (χ4n) is 3.64. The summed E-state index contributed by atoms with van der Waals surface area (Å²) in [5, 5.41) is 13.2. The third-order valence-electron chi connectivity index (χ3n) is 5.41. The van der Waals surface area contributed by atoms with Crippen LogP contribution in [0.4, 0.5) is 20.3 Å². The van der Waals surface area contributed by atoms with Crippen LogP contribution in [0.2, 0.25) is 0 Å². The molecule has 1 aliphatic rings. The minimum Gasteiger partial charge on any atom is -0.357 e. The Hall–Kier alpha value is -4.08. The van der Waals surface area contributed by atoms with Crippen molar-refractivity contribution in [2.75, 3.05) is 23.7 Å². The average Bonchev–Trinajstić information content (AvgIpc) is 3.36. The lowest BCUT2D eigenvalue weighted by Crippen LogP contribution is -2.28. The van der Waals surface area contributed by atoms with E-state index in [1.807, 2.05) is 4.90 Å². The Morgan fingerprint density at radius 2 is 1.68 bits per heavy atom. The molecule has 0 atom stereocenters. The van der Waals surface area contributed by atoms with Crippen molar-refractivity contribution in [1.82, 2.24) is 9.88 Å². The maximum atomic E-state index is 14.8. The highest BCUT2D eigenvalue weighted by Gasteiger charge is 2.21. The highest BCUT2D eigenvalue weighted by atomic mass is 19.1. The summed E-state index contributed by atoms with van der Waals surface area (Å²) in [6.07, 6.45) is 3.31. The number of anilines is 2. The van der Waals surface area contributed by atoms with Crippen molar-refractivity contribution in [3.05, 3.63) is 83.1 Å². The van der Waals surface area contributed by atoms with Gasteiger partial charge in [0.05, 0.1) is 16.8 Å². The summed E-state index contributed by atoms with van der Waals surface area (Å²) in [6, 6.07) is 10.2. The van der Waals surface area contributed by atoms with E-state index in [0.717, 1.165) is 44.1 Å². The lowest BCUT2D eigenvalue weighted by molar-refractivity contribution is 0.102. The number of pyridine rings is 1. The van der Waals surface area contributed by atoms with E-state index in [2.05, 4.69) is 15.6 Å². The van der Waals surface area contributed by atoms with Crippen LogP contribution in [-0.2, 0) is 0 Å². The number of rotatable bonds is 5. The van der Waals surface area contributed by atoms with Gasteiger partial charge < -0.3 is 15.5 Å². The molecule has 0 saturated carbocycles. The maximum absolute atomic E-state index is 14.8. The average molecular weight is 459 g/mol. The molecule has 3 aromatic rings. The predicted molar refractivity (Wildman–Crippen MR) is 126 cm³/mol. The van der Waals surface area contributed by atoms with Crippen LogP contribution in [0.15, 0.2) is 54.7 Å². The fraction of sp³-hybridized carbons (Fsp3) is 0.167. The van der Waals surface area contributed by atoms with Gasteiger partial charge in [-0.1, -0.05) is 17.6 Å². The first-order valence-corrected chi connectivity index (χ1v) is 10.6. The highest BCUT2D eigenvalue weighted by Crippen LogP contribution is 2.21. The zero-order valence-electron chi connectivity index (χ0n) is 18.1. The van der Waals surface area contributed by atoms with E-state index in [0.29, 0.717) is 11.0 Å². The monoisotopic (exact) mass is 459 g/mol. The minimum absolute atomic E-state index is 0.00682. The molecule has 3 N–H and O–H groups in total. The first-order chi connectivity index (χ1) is 16.3. The van der Waals surface area contributed by atoms with Crippen LogP contribution in [0, 0.1) is 17.0 Å².